The first-order valence-corrected chi connectivity index (χ1v) is 6.34. The van der Waals surface area contributed by atoms with Crippen LogP contribution in [0.5, 0.6) is 0 Å². The number of hydrogen-bond donors (Lipinski definition) is 3. The quantitative estimate of drug-likeness (QED) is 0.717. The lowest BCUT2D eigenvalue weighted by Gasteiger charge is -2.17. The summed E-state index contributed by atoms with van der Waals surface area (Å²) in [6.45, 7) is 0. The topological polar surface area (TPSA) is 86.6 Å². The molecule has 0 saturated heterocycles. The van der Waals surface area contributed by atoms with Crippen LogP contribution in [0.15, 0.2) is 30.3 Å². The van der Waals surface area contributed by atoms with Crippen molar-refractivity contribution in [2.45, 2.75) is 31.4 Å². The number of hydrogen-bond acceptors (Lipinski definition) is 3. The lowest BCUT2D eigenvalue weighted by atomic mass is 10.1. The molecule has 1 aliphatic carbocycles. The second-order valence-corrected chi connectivity index (χ2v) is 4.89. The van der Waals surface area contributed by atoms with Gasteiger partial charge in [0.2, 0.25) is 0 Å². The van der Waals surface area contributed by atoms with Gasteiger partial charge in [-0.3, -0.25) is 4.79 Å². The minimum atomic E-state index is -1.33. The van der Waals surface area contributed by atoms with E-state index in [1.165, 1.54) is 0 Å². The Morgan fingerprint density at radius 3 is 2.42 bits per heavy atom. The molecule has 1 aromatic rings. The van der Waals surface area contributed by atoms with Gasteiger partial charge < -0.3 is 15.5 Å². The maximum absolute atomic E-state index is 11.8. The van der Waals surface area contributed by atoms with Gasteiger partial charge in [0.05, 0.1) is 0 Å². The largest absolute Gasteiger partial charge is 0.480 e. The molecule has 3 N–H and O–H groups in total. The molecule has 0 aliphatic heterocycles. The van der Waals surface area contributed by atoms with Gasteiger partial charge in [-0.05, 0) is 17.9 Å². The number of nitrogens with one attached hydrogen (secondary N) is 1. The number of amides is 1. The monoisotopic (exact) mass is 263 g/mol. The fourth-order valence-corrected chi connectivity index (χ4v) is 1.95. The van der Waals surface area contributed by atoms with Crippen LogP contribution in [0, 0.1) is 5.92 Å². The normalized spacial score (nSPS) is 17.5. The summed E-state index contributed by atoms with van der Waals surface area (Å²) in [4.78, 5) is 22.9. The third kappa shape index (κ3) is 3.79. The molecule has 2 atom stereocenters. The summed E-state index contributed by atoms with van der Waals surface area (Å²) >= 11 is 0. The molecule has 19 heavy (non-hydrogen) atoms. The Morgan fingerprint density at radius 2 is 1.89 bits per heavy atom. The van der Waals surface area contributed by atoms with Crippen LogP contribution in [0.1, 0.15) is 30.9 Å². The number of carboxylic acids is 1. The molecule has 0 unspecified atom stereocenters. The smallest absolute Gasteiger partial charge is 0.326 e. The van der Waals surface area contributed by atoms with Crippen molar-refractivity contribution in [2.24, 2.45) is 5.92 Å². The predicted octanol–water partition coefficient (Wildman–Crippen LogP) is 1.09. The number of rotatable bonds is 6. The van der Waals surface area contributed by atoms with E-state index in [0.29, 0.717) is 17.9 Å². The summed E-state index contributed by atoms with van der Waals surface area (Å²) in [5, 5.41) is 21.3. The van der Waals surface area contributed by atoms with E-state index in [1.807, 2.05) is 0 Å². The fourth-order valence-electron chi connectivity index (χ4n) is 1.95. The van der Waals surface area contributed by atoms with Gasteiger partial charge >= 0.3 is 5.97 Å². The van der Waals surface area contributed by atoms with Crippen molar-refractivity contribution in [3.05, 3.63) is 35.9 Å². The summed E-state index contributed by atoms with van der Waals surface area (Å²) in [5.41, 5.74) is 0.454. The number of aliphatic hydroxyl groups excluding tert-OH is 1. The summed E-state index contributed by atoms with van der Waals surface area (Å²) in [6, 6.07) is 7.54. The molecule has 1 aromatic carbocycles. The van der Waals surface area contributed by atoms with Crippen LogP contribution in [-0.2, 0) is 9.59 Å². The van der Waals surface area contributed by atoms with E-state index in [1.54, 1.807) is 30.3 Å². The van der Waals surface area contributed by atoms with E-state index >= 15 is 0 Å². The van der Waals surface area contributed by atoms with Gasteiger partial charge in [-0.25, -0.2) is 4.79 Å². The van der Waals surface area contributed by atoms with Crippen molar-refractivity contribution in [2.75, 3.05) is 0 Å². The Balaban J connectivity index is 1.96. The zero-order valence-electron chi connectivity index (χ0n) is 10.5. The summed E-state index contributed by atoms with van der Waals surface area (Å²) < 4.78 is 0. The number of benzene rings is 1. The maximum atomic E-state index is 11.8. The SMILES string of the molecule is O=C(N[C@H](CC1CC1)C(=O)O)[C@@H](O)c1ccccc1. The van der Waals surface area contributed by atoms with Crippen molar-refractivity contribution >= 4 is 11.9 Å². The van der Waals surface area contributed by atoms with Crippen LogP contribution in [0.25, 0.3) is 0 Å². The second kappa shape index (κ2) is 5.84. The highest BCUT2D eigenvalue weighted by atomic mass is 16.4. The highest BCUT2D eigenvalue weighted by Crippen LogP contribution is 2.33. The van der Waals surface area contributed by atoms with Gasteiger partial charge in [0, 0.05) is 0 Å². The van der Waals surface area contributed by atoms with Crippen molar-refractivity contribution < 1.29 is 19.8 Å². The Morgan fingerprint density at radius 1 is 1.26 bits per heavy atom. The zero-order chi connectivity index (χ0) is 13.8. The highest BCUT2D eigenvalue weighted by molar-refractivity contribution is 5.86. The molecule has 1 aliphatic rings. The maximum Gasteiger partial charge on any atom is 0.326 e. The average Bonchev–Trinajstić information content (AvgIpc) is 3.22. The zero-order valence-corrected chi connectivity index (χ0v) is 10.5. The lowest BCUT2D eigenvalue weighted by molar-refractivity contribution is -0.143. The predicted molar refractivity (Wildman–Crippen MR) is 68.3 cm³/mol. The van der Waals surface area contributed by atoms with Crippen LogP contribution >= 0.6 is 0 Å². The molecule has 1 saturated carbocycles. The third-order valence-corrected chi connectivity index (χ3v) is 3.24. The molecule has 0 heterocycles. The van der Waals surface area contributed by atoms with E-state index in [4.69, 9.17) is 5.11 Å². The first-order chi connectivity index (χ1) is 9.08. The van der Waals surface area contributed by atoms with Gasteiger partial charge in [0.25, 0.3) is 5.91 Å². The van der Waals surface area contributed by atoms with Gasteiger partial charge in [0.15, 0.2) is 6.10 Å². The minimum absolute atomic E-state index is 0.385. The first kappa shape index (κ1) is 13.5. The molecular weight excluding hydrogens is 246 g/mol. The Kier molecular flexibility index (Phi) is 4.16. The van der Waals surface area contributed by atoms with E-state index in [9.17, 15) is 14.7 Å². The van der Waals surface area contributed by atoms with Gasteiger partial charge in [-0.1, -0.05) is 43.2 Å². The minimum Gasteiger partial charge on any atom is -0.480 e. The molecule has 0 bridgehead atoms. The van der Waals surface area contributed by atoms with E-state index in [0.717, 1.165) is 12.8 Å². The number of carboxylic acid groups (broad SMARTS) is 1. The van der Waals surface area contributed by atoms with Gasteiger partial charge in [-0.15, -0.1) is 0 Å². The van der Waals surface area contributed by atoms with E-state index in [-0.39, 0.29) is 0 Å². The number of carbonyl (C=O) groups is 2. The molecule has 0 spiro atoms. The standard InChI is InChI=1S/C14H17NO4/c16-12(10-4-2-1-3-5-10)13(17)15-11(14(18)19)8-9-6-7-9/h1-5,9,11-12,16H,6-8H2,(H,15,17)(H,18,19)/t11-,12+/m1/s1. The molecule has 5 nitrogen and oxygen atoms in total. The molecule has 0 radical (unpaired) electrons. The van der Waals surface area contributed by atoms with Crippen LogP contribution in [-0.4, -0.2) is 28.1 Å². The molecule has 1 fully saturated rings. The van der Waals surface area contributed by atoms with Gasteiger partial charge in [-0.2, -0.15) is 0 Å². The Hall–Kier alpha value is -1.88. The van der Waals surface area contributed by atoms with Gasteiger partial charge in [0.1, 0.15) is 6.04 Å². The molecule has 2 rings (SSSR count). The summed E-state index contributed by atoms with van der Waals surface area (Å²) in [5.74, 6) is -1.34. The molecule has 5 heteroatoms. The number of carbonyl (C=O) groups excluding carboxylic acids is 1. The second-order valence-electron chi connectivity index (χ2n) is 4.89. The third-order valence-electron chi connectivity index (χ3n) is 3.24. The van der Waals surface area contributed by atoms with Crippen molar-refractivity contribution in [3.8, 4) is 0 Å². The van der Waals surface area contributed by atoms with Crippen LogP contribution < -0.4 is 5.32 Å². The van der Waals surface area contributed by atoms with Crippen LogP contribution in [0.3, 0.4) is 0 Å². The number of aliphatic carboxylic acids is 1. The molecule has 0 aromatic heterocycles. The summed E-state index contributed by atoms with van der Waals surface area (Å²) in [7, 11) is 0. The average molecular weight is 263 g/mol. The first-order valence-electron chi connectivity index (χ1n) is 6.34. The van der Waals surface area contributed by atoms with Crippen molar-refractivity contribution in [3.63, 3.8) is 0 Å². The Labute approximate surface area is 111 Å². The lowest BCUT2D eigenvalue weighted by Crippen LogP contribution is -2.43. The summed E-state index contributed by atoms with van der Waals surface area (Å²) in [6.07, 6.45) is 1.13. The number of aliphatic hydroxyl groups is 1. The fraction of sp³-hybridized carbons (Fsp3) is 0.429. The molecular formula is C14H17NO4. The van der Waals surface area contributed by atoms with Crippen LogP contribution in [0.4, 0.5) is 0 Å². The van der Waals surface area contributed by atoms with E-state index in [2.05, 4.69) is 5.32 Å². The Bertz CT molecular complexity index is 456. The highest BCUT2D eigenvalue weighted by Gasteiger charge is 2.31. The van der Waals surface area contributed by atoms with Crippen molar-refractivity contribution in [1.29, 1.82) is 0 Å². The molecule has 102 valence electrons. The molecule has 1 amide bonds. The van der Waals surface area contributed by atoms with Crippen LogP contribution in [0.2, 0.25) is 0 Å². The van der Waals surface area contributed by atoms with Crippen molar-refractivity contribution in [1.82, 2.24) is 5.32 Å². The van der Waals surface area contributed by atoms with E-state index < -0.39 is 24.0 Å².